The number of rotatable bonds is 5. The number of hydrogen-bond acceptors (Lipinski definition) is 4. The molecule has 1 aromatic carbocycles. The number of methoxy groups -OCH3 is 1. The summed E-state index contributed by atoms with van der Waals surface area (Å²) in [7, 11) is 1.61. The van der Waals surface area contributed by atoms with Crippen LogP contribution in [0.1, 0.15) is 11.1 Å². The van der Waals surface area contributed by atoms with Crippen LogP contribution in [-0.2, 0) is 13.0 Å². The molecule has 1 unspecified atom stereocenters. The number of aromatic nitrogens is 1. The zero-order valence-corrected chi connectivity index (χ0v) is 11.8. The fourth-order valence-electron chi connectivity index (χ4n) is 2.51. The quantitative estimate of drug-likeness (QED) is 0.917. The first-order chi connectivity index (χ1) is 10.3. The van der Waals surface area contributed by atoms with Crippen LogP contribution >= 0.6 is 0 Å². The van der Waals surface area contributed by atoms with Crippen LogP contribution < -0.4 is 14.8 Å². The number of halogens is 1. The molecule has 1 aromatic heterocycles. The van der Waals surface area contributed by atoms with Gasteiger partial charge < -0.3 is 14.8 Å². The average molecular weight is 288 g/mol. The van der Waals surface area contributed by atoms with Gasteiger partial charge in [-0.15, -0.1) is 0 Å². The van der Waals surface area contributed by atoms with E-state index in [0.29, 0.717) is 19.0 Å². The fraction of sp³-hybridized carbons (Fsp3) is 0.312. The molecule has 1 N–H and O–H groups in total. The molecule has 0 radical (unpaired) electrons. The highest BCUT2D eigenvalue weighted by molar-refractivity contribution is 5.38. The van der Waals surface area contributed by atoms with Crippen molar-refractivity contribution in [2.24, 2.45) is 0 Å². The van der Waals surface area contributed by atoms with Crippen LogP contribution in [0.15, 0.2) is 36.5 Å². The topological polar surface area (TPSA) is 43.4 Å². The molecule has 1 aliphatic heterocycles. The molecule has 1 atom stereocenters. The van der Waals surface area contributed by atoms with Gasteiger partial charge >= 0.3 is 0 Å². The summed E-state index contributed by atoms with van der Waals surface area (Å²) in [4.78, 5) is 4.15. The minimum Gasteiger partial charge on any atom is -0.488 e. The van der Waals surface area contributed by atoms with Crippen molar-refractivity contribution >= 4 is 0 Å². The number of pyridine rings is 1. The molecule has 2 heterocycles. The minimum absolute atomic E-state index is 0.0319. The first-order valence-corrected chi connectivity index (χ1v) is 6.90. The van der Waals surface area contributed by atoms with Gasteiger partial charge in [-0.25, -0.2) is 9.37 Å². The van der Waals surface area contributed by atoms with Crippen LogP contribution in [0.2, 0.25) is 0 Å². The van der Waals surface area contributed by atoms with E-state index >= 15 is 0 Å². The number of fused-ring (bicyclic) bond motifs is 1. The Bertz CT molecular complexity index is 633. The van der Waals surface area contributed by atoms with Gasteiger partial charge in [0.2, 0.25) is 5.88 Å². The van der Waals surface area contributed by atoms with Crippen LogP contribution in [-0.4, -0.2) is 24.7 Å². The Morgan fingerprint density at radius 1 is 1.43 bits per heavy atom. The monoisotopic (exact) mass is 288 g/mol. The normalized spacial score (nSPS) is 16.4. The predicted molar refractivity (Wildman–Crippen MR) is 77.0 cm³/mol. The standard InChI is InChI=1S/C16H17FN2O2/c1-20-16-11(3-2-6-19-16)9-18-10-14-8-12-7-13(17)4-5-15(12)21-14/h2-7,14,18H,8-10H2,1H3. The van der Waals surface area contributed by atoms with Gasteiger partial charge in [-0.2, -0.15) is 0 Å². The fourth-order valence-corrected chi connectivity index (χ4v) is 2.51. The van der Waals surface area contributed by atoms with Gasteiger partial charge in [0, 0.05) is 36.8 Å². The highest BCUT2D eigenvalue weighted by atomic mass is 19.1. The highest BCUT2D eigenvalue weighted by Gasteiger charge is 2.22. The Balaban J connectivity index is 1.53. The molecule has 0 fully saturated rings. The average Bonchev–Trinajstić information content (AvgIpc) is 2.89. The third-order valence-electron chi connectivity index (χ3n) is 3.49. The maximum atomic E-state index is 13.2. The van der Waals surface area contributed by atoms with Crippen LogP contribution in [0.4, 0.5) is 4.39 Å². The molecule has 2 aromatic rings. The van der Waals surface area contributed by atoms with Crippen molar-refractivity contribution in [2.75, 3.05) is 13.7 Å². The van der Waals surface area contributed by atoms with E-state index in [2.05, 4.69) is 10.3 Å². The molecule has 0 amide bonds. The van der Waals surface area contributed by atoms with Gasteiger partial charge in [0.1, 0.15) is 17.7 Å². The lowest BCUT2D eigenvalue weighted by Crippen LogP contribution is -2.29. The summed E-state index contributed by atoms with van der Waals surface area (Å²) in [6, 6.07) is 8.51. The second kappa shape index (κ2) is 6.10. The van der Waals surface area contributed by atoms with E-state index in [1.165, 1.54) is 6.07 Å². The Kier molecular flexibility index (Phi) is 4.01. The van der Waals surface area contributed by atoms with E-state index in [1.54, 1.807) is 25.4 Å². The van der Waals surface area contributed by atoms with Gasteiger partial charge in [-0.05, 0) is 24.3 Å². The zero-order valence-electron chi connectivity index (χ0n) is 11.8. The second-order valence-electron chi connectivity index (χ2n) is 5.00. The lowest BCUT2D eigenvalue weighted by Gasteiger charge is -2.13. The summed E-state index contributed by atoms with van der Waals surface area (Å²) in [5.41, 5.74) is 1.93. The van der Waals surface area contributed by atoms with Crippen molar-refractivity contribution in [3.05, 3.63) is 53.5 Å². The molecule has 0 saturated heterocycles. The number of benzene rings is 1. The Hall–Kier alpha value is -2.14. The maximum absolute atomic E-state index is 13.2. The summed E-state index contributed by atoms with van der Waals surface area (Å²) in [6.45, 7) is 1.34. The first kappa shape index (κ1) is 13.8. The van der Waals surface area contributed by atoms with E-state index in [0.717, 1.165) is 23.3 Å². The van der Waals surface area contributed by atoms with E-state index in [1.807, 2.05) is 12.1 Å². The van der Waals surface area contributed by atoms with E-state index < -0.39 is 0 Å². The number of nitrogens with one attached hydrogen (secondary N) is 1. The van der Waals surface area contributed by atoms with Crippen molar-refractivity contribution in [1.29, 1.82) is 0 Å². The zero-order chi connectivity index (χ0) is 14.7. The molecular weight excluding hydrogens is 271 g/mol. The SMILES string of the molecule is COc1ncccc1CNCC1Cc2cc(F)ccc2O1. The van der Waals surface area contributed by atoms with E-state index in [-0.39, 0.29) is 11.9 Å². The van der Waals surface area contributed by atoms with Crippen LogP contribution in [0, 0.1) is 5.82 Å². The summed E-state index contributed by atoms with van der Waals surface area (Å²) >= 11 is 0. The smallest absolute Gasteiger partial charge is 0.217 e. The van der Waals surface area contributed by atoms with Gasteiger partial charge in [0.15, 0.2) is 0 Å². The Morgan fingerprint density at radius 3 is 3.19 bits per heavy atom. The molecule has 1 aliphatic rings. The molecule has 21 heavy (non-hydrogen) atoms. The highest BCUT2D eigenvalue weighted by Crippen LogP contribution is 2.29. The van der Waals surface area contributed by atoms with E-state index in [9.17, 15) is 4.39 Å². The molecular formula is C16H17FN2O2. The van der Waals surface area contributed by atoms with Gasteiger partial charge in [0.25, 0.3) is 0 Å². The van der Waals surface area contributed by atoms with Crippen LogP contribution in [0.5, 0.6) is 11.6 Å². The molecule has 0 spiro atoms. The minimum atomic E-state index is -0.217. The van der Waals surface area contributed by atoms with Gasteiger partial charge in [-0.1, -0.05) is 6.07 Å². The van der Waals surface area contributed by atoms with Crippen LogP contribution in [0.25, 0.3) is 0 Å². The molecule has 0 aliphatic carbocycles. The lowest BCUT2D eigenvalue weighted by molar-refractivity contribution is 0.227. The van der Waals surface area contributed by atoms with Crippen molar-refractivity contribution in [3.63, 3.8) is 0 Å². The molecule has 4 nitrogen and oxygen atoms in total. The summed E-state index contributed by atoms with van der Waals surface area (Å²) in [6.07, 6.45) is 2.46. The van der Waals surface area contributed by atoms with Gasteiger partial charge in [0.05, 0.1) is 7.11 Å². The largest absolute Gasteiger partial charge is 0.488 e. The first-order valence-electron chi connectivity index (χ1n) is 6.90. The lowest BCUT2D eigenvalue weighted by atomic mass is 10.1. The Labute approximate surface area is 122 Å². The van der Waals surface area contributed by atoms with Crippen molar-refractivity contribution in [1.82, 2.24) is 10.3 Å². The summed E-state index contributed by atoms with van der Waals surface area (Å²) in [5.74, 6) is 1.19. The van der Waals surface area contributed by atoms with Crippen molar-refractivity contribution < 1.29 is 13.9 Å². The summed E-state index contributed by atoms with van der Waals surface area (Å²) < 4.78 is 24.1. The molecule has 0 saturated carbocycles. The number of ether oxygens (including phenoxy) is 2. The molecule has 5 heteroatoms. The summed E-state index contributed by atoms with van der Waals surface area (Å²) in [5, 5.41) is 3.33. The predicted octanol–water partition coefficient (Wildman–Crippen LogP) is 2.32. The molecule has 3 rings (SSSR count). The van der Waals surface area contributed by atoms with Crippen LogP contribution in [0.3, 0.4) is 0 Å². The maximum Gasteiger partial charge on any atom is 0.217 e. The number of hydrogen-bond donors (Lipinski definition) is 1. The van der Waals surface area contributed by atoms with Gasteiger partial charge in [-0.3, -0.25) is 0 Å². The second-order valence-corrected chi connectivity index (χ2v) is 5.00. The van der Waals surface area contributed by atoms with E-state index in [4.69, 9.17) is 9.47 Å². The molecule has 0 bridgehead atoms. The number of nitrogens with zero attached hydrogens (tertiary/aromatic N) is 1. The van der Waals surface area contributed by atoms with Crippen molar-refractivity contribution in [3.8, 4) is 11.6 Å². The Morgan fingerprint density at radius 2 is 2.33 bits per heavy atom. The molecule has 110 valence electrons. The third kappa shape index (κ3) is 3.13. The third-order valence-corrected chi connectivity index (χ3v) is 3.49. The van der Waals surface area contributed by atoms with Crippen molar-refractivity contribution in [2.45, 2.75) is 19.1 Å².